The van der Waals surface area contributed by atoms with Crippen molar-refractivity contribution in [2.24, 2.45) is 11.0 Å². The van der Waals surface area contributed by atoms with E-state index >= 15 is 0 Å². The Hall–Kier alpha value is -1.95. The zero-order valence-corrected chi connectivity index (χ0v) is 11.1. The number of hydrogen-bond donors (Lipinski definition) is 1. The number of nitrogens with one attached hydrogen (secondary N) is 1. The maximum absolute atomic E-state index is 5.33. The van der Waals surface area contributed by atoms with Crippen molar-refractivity contribution in [2.75, 3.05) is 0 Å². The first kappa shape index (κ1) is 12.1. The highest BCUT2D eigenvalue weighted by atomic mass is 32.1. The lowest BCUT2D eigenvalue weighted by molar-refractivity contribution is 0.572. The Labute approximate surface area is 115 Å². The minimum atomic E-state index is 0.464. The fraction of sp³-hybridized carbons (Fsp3) is 0.308. The molecule has 1 atom stereocenters. The molecule has 0 radical (unpaired) electrons. The van der Waals surface area contributed by atoms with Crippen molar-refractivity contribution < 1.29 is 4.42 Å². The number of aromatic nitrogens is 3. The van der Waals surface area contributed by atoms with Gasteiger partial charge in [-0.1, -0.05) is 12.2 Å². The molecule has 2 heterocycles. The van der Waals surface area contributed by atoms with Crippen molar-refractivity contribution in [3.05, 3.63) is 35.3 Å². The number of furan rings is 1. The van der Waals surface area contributed by atoms with Crippen LogP contribution in [0.2, 0.25) is 0 Å². The Bertz CT molecular complexity index is 650. The molecule has 0 saturated heterocycles. The summed E-state index contributed by atoms with van der Waals surface area (Å²) < 4.78 is 7.40. The van der Waals surface area contributed by atoms with Crippen molar-refractivity contribution in [2.45, 2.75) is 19.3 Å². The summed E-state index contributed by atoms with van der Waals surface area (Å²) in [5.74, 6) is 1.71. The first-order valence-electron chi connectivity index (χ1n) is 6.25. The quantitative estimate of drug-likeness (QED) is 0.530. The molecule has 0 saturated carbocycles. The summed E-state index contributed by atoms with van der Waals surface area (Å²) in [5.41, 5.74) is 0. The van der Waals surface area contributed by atoms with Crippen LogP contribution in [0.5, 0.6) is 0 Å². The number of hydrogen-bond acceptors (Lipinski definition) is 4. The second kappa shape index (κ2) is 5.36. The summed E-state index contributed by atoms with van der Waals surface area (Å²) in [6, 6.07) is 3.65. The Morgan fingerprint density at radius 2 is 2.47 bits per heavy atom. The van der Waals surface area contributed by atoms with Gasteiger partial charge in [0.1, 0.15) is 0 Å². The Morgan fingerprint density at radius 3 is 3.21 bits per heavy atom. The third-order valence-corrected chi connectivity index (χ3v) is 3.36. The van der Waals surface area contributed by atoms with Crippen LogP contribution >= 0.6 is 12.2 Å². The normalized spacial score (nSPS) is 19.3. The molecule has 0 fully saturated rings. The van der Waals surface area contributed by atoms with E-state index < -0.39 is 0 Å². The third kappa shape index (κ3) is 2.58. The molecule has 6 heteroatoms. The SMILES string of the molecule is S=c1[nH]nc(-c2ccco2)n1/N=C\[C@@H]1CC=CCC1. The second-order valence-corrected chi connectivity index (χ2v) is 4.84. The molecule has 0 amide bonds. The van der Waals surface area contributed by atoms with Gasteiger partial charge in [-0.2, -0.15) is 9.78 Å². The number of H-pyrrole nitrogens is 1. The van der Waals surface area contributed by atoms with Crippen LogP contribution in [0.3, 0.4) is 0 Å². The maximum atomic E-state index is 5.33. The molecule has 2 aromatic heterocycles. The van der Waals surface area contributed by atoms with Crippen LogP contribution in [0.25, 0.3) is 11.6 Å². The molecule has 0 spiro atoms. The van der Waals surface area contributed by atoms with E-state index in [0.717, 1.165) is 19.3 Å². The van der Waals surface area contributed by atoms with Crippen molar-refractivity contribution in [1.29, 1.82) is 0 Å². The predicted octanol–water partition coefficient (Wildman–Crippen LogP) is 3.39. The van der Waals surface area contributed by atoms with Gasteiger partial charge in [-0.15, -0.1) is 5.10 Å². The average molecular weight is 274 g/mol. The van der Waals surface area contributed by atoms with Crippen LogP contribution in [0.4, 0.5) is 0 Å². The highest BCUT2D eigenvalue weighted by molar-refractivity contribution is 7.71. The highest BCUT2D eigenvalue weighted by Crippen LogP contribution is 2.19. The Balaban J connectivity index is 1.88. The zero-order chi connectivity index (χ0) is 13.1. The van der Waals surface area contributed by atoms with Gasteiger partial charge < -0.3 is 4.42 Å². The lowest BCUT2D eigenvalue weighted by Crippen LogP contribution is -2.05. The minimum absolute atomic E-state index is 0.464. The maximum Gasteiger partial charge on any atom is 0.219 e. The van der Waals surface area contributed by atoms with Gasteiger partial charge in [0.05, 0.1) is 6.26 Å². The van der Waals surface area contributed by atoms with Crippen LogP contribution in [-0.4, -0.2) is 21.1 Å². The minimum Gasteiger partial charge on any atom is -0.461 e. The van der Waals surface area contributed by atoms with Crippen LogP contribution in [-0.2, 0) is 0 Å². The van der Waals surface area contributed by atoms with Crippen LogP contribution in [0.15, 0.2) is 40.1 Å². The van der Waals surface area contributed by atoms with Gasteiger partial charge in [-0.3, -0.25) is 0 Å². The summed E-state index contributed by atoms with van der Waals surface area (Å²) in [7, 11) is 0. The zero-order valence-electron chi connectivity index (χ0n) is 10.3. The molecule has 2 aromatic rings. The van der Waals surface area contributed by atoms with Crippen LogP contribution in [0.1, 0.15) is 19.3 Å². The van der Waals surface area contributed by atoms with Crippen molar-refractivity contribution in [1.82, 2.24) is 14.9 Å². The van der Waals surface area contributed by atoms with E-state index in [0.29, 0.717) is 22.3 Å². The van der Waals surface area contributed by atoms with E-state index in [1.54, 1.807) is 10.9 Å². The molecular weight excluding hydrogens is 260 g/mol. The van der Waals surface area contributed by atoms with E-state index in [1.165, 1.54) is 0 Å². The fourth-order valence-corrected chi connectivity index (χ4v) is 2.26. The summed E-state index contributed by atoms with van der Waals surface area (Å²) in [4.78, 5) is 0. The molecule has 19 heavy (non-hydrogen) atoms. The van der Waals surface area contributed by atoms with Gasteiger partial charge in [-0.05, 0) is 49.5 Å². The summed E-state index contributed by atoms with van der Waals surface area (Å²) in [6.45, 7) is 0. The first-order valence-corrected chi connectivity index (χ1v) is 6.66. The number of rotatable bonds is 3. The van der Waals surface area contributed by atoms with E-state index in [-0.39, 0.29) is 0 Å². The van der Waals surface area contributed by atoms with Crippen molar-refractivity contribution in [3.63, 3.8) is 0 Å². The van der Waals surface area contributed by atoms with Crippen LogP contribution in [0, 0.1) is 10.7 Å². The number of nitrogens with zero attached hydrogens (tertiary/aromatic N) is 3. The van der Waals surface area contributed by atoms with E-state index in [2.05, 4.69) is 27.5 Å². The third-order valence-electron chi connectivity index (χ3n) is 3.09. The number of aromatic amines is 1. The van der Waals surface area contributed by atoms with Crippen LogP contribution < -0.4 is 0 Å². The van der Waals surface area contributed by atoms with Gasteiger partial charge in [0, 0.05) is 6.21 Å². The molecule has 1 aliphatic rings. The lowest BCUT2D eigenvalue weighted by Gasteiger charge is -2.11. The van der Waals surface area contributed by atoms with Gasteiger partial charge >= 0.3 is 0 Å². The fourth-order valence-electron chi connectivity index (χ4n) is 2.08. The average Bonchev–Trinajstić information content (AvgIpc) is 3.07. The molecule has 0 aliphatic heterocycles. The largest absolute Gasteiger partial charge is 0.461 e. The standard InChI is InChI=1S/C13H14N4OS/c19-13-16-15-12(11-7-4-8-18-11)17(13)14-9-10-5-2-1-3-6-10/h1-2,4,7-10H,3,5-6H2,(H,16,19)/b14-9-/t10-/m1/s1. The molecule has 0 bridgehead atoms. The lowest BCUT2D eigenvalue weighted by atomic mass is 9.96. The molecular formula is C13H14N4OS. The van der Waals surface area contributed by atoms with Crippen molar-refractivity contribution >= 4 is 18.4 Å². The first-order chi connectivity index (χ1) is 9.34. The molecule has 1 N–H and O–H groups in total. The highest BCUT2D eigenvalue weighted by Gasteiger charge is 2.11. The Morgan fingerprint density at radius 1 is 1.53 bits per heavy atom. The van der Waals surface area contributed by atoms with Gasteiger partial charge in [-0.25, -0.2) is 5.10 Å². The number of allylic oxidation sites excluding steroid dienone is 2. The smallest absolute Gasteiger partial charge is 0.219 e. The van der Waals surface area contributed by atoms with E-state index in [4.69, 9.17) is 16.6 Å². The molecule has 98 valence electrons. The van der Waals surface area contributed by atoms with Gasteiger partial charge in [0.2, 0.25) is 10.6 Å². The molecule has 1 aliphatic carbocycles. The summed E-state index contributed by atoms with van der Waals surface area (Å²) in [6.07, 6.45) is 11.2. The van der Waals surface area contributed by atoms with Gasteiger partial charge in [0.15, 0.2) is 5.76 Å². The van der Waals surface area contributed by atoms with Crippen molar-refractivity contribution in [3.8, 4) is 11.6 Å². The second-order valence-electron chi connectivity index (χ2n) is 4.45. The summed E-state index contributed by atoms with van der Waals surface area (Å²) in [5, 5.41) is 11.3. The predicted molar refractivity (Wildman–Crippen MR) is 75.5 cm³/mol. The van der Waals surface area contributed by atoms with Gasteiger partial charge in [0.25, 0.3) is 0 Å². The molecule has 3 rings (SSSR count). The van der Waals surface area contributed by atoms with E-state index in [1.807, 2.05) is 18.3 Å². The summed E-state index contributed by atoms with van der Waals surface area (Å²) >= 11 is 5.19. The molecule has 0 unspecified atom stereocenters. The van der Waals surface area contributed by atoms with E-state index in [9.17, 15) is 0 Å². The molecule has 5 nitrogen and oxygen atoms in total. The molecule has 0 aromatic carbocycles. The Kier molecular flexibility index (Phi) is 3.41. The monoisotopic (exact) mass is 274 g/mol. The topological polar surface area (TPSA) is 59.1 Å².